The Bertz CT molecular complexity index is 416. The highest BCUT2D eigenvalue weighted by molar-refractivity contribution is 5.36. The molecule has 2 aliphatic rings. The van der Waals surface area contributed by atoms with E-state index in [4.69, 9.17) is 0 Å². The van der Waals surface area contributed by atoms with Gasteiger partial charge in [-0.2, -0.15) is 0 Å². The van der Waals surface area contributed by atoms with Crippen molar-refractivity contribution in [2.45, 2.75) is 12.3 Å². The van der Waals surface area contributed by atoms with Gasteiger partial charge in [0.25, 0.3) is 5.69 Å². The minimum atomic E-state index is -0.343. The Morgan fingerprint density at radius 3 is 2.62 bits per heavy atom. The maximum atomic E-state index is 10.5. The SMILES string of the molecule is O=[N+]([O-])c1ccc([C@H]2C[C@H]3CNC[C@H]32)cc1. The molecule has 3 atom stereocenters. The van der Waals surface area contributed by atoms with E-state index in [2.05, 4.69) is 5.32 Å². The number of hydrogen-bond donors (Lipinski definition) is 1. The lowest BCUT2D eigenvalue weighted by molar-refractivity contribution is -0.384. The topological polar surface area (TPSA) is 55.2 Å². The Balaban J connectivity index is 1.78. The van der Waals surface area contributed by atoms with E-state index < -0.39 is 0 Å². The maximum Gasteiger partial charge on any atom is 0.269 e. The molecule has 0 unspecified atom stereocenters. The third-order valence-corrected chi connectivity index (χ3v) is 4.00. The van der Waals surface area contributed by atoms with Crippen LogP contribution < -0.4 is 5.32 Å². The number of rotatable bonds is 2. The molecule has 1 aromatic carbocycles. The Kier molecular flexibility index (Phi) is 2.17. The lowest BCUT2D eigenvalue weighted by Crippen LogP contribution is -2.33. The zero-order valence-corrected chi connectivity index (χ0v) is 8.93. The molecule has 16 heavy (non-hydrogen) atoms. The van der Waals surface area contributed by atoms with Crippen LogP contribution >= 0.6 is 0 Å². The summed E-state index contributed by atoms with van der Waals surface area (Å²) >= 11 is 0. The van der Waals surface area contributed by atoms with Gasteiger partial charge in [-0.3, -0.25) is 10.1 Å². The zero-order valence-electron chi connectivity index (χ0n) is 8.93. The Hall–Kier alpha value is -1.42. The molecule has 1 N–H and O–H groups in total. The molecular formula is C12H14N2O2. The summed E-state index contributed by atoms with van der Waals surface area (Å²) in [6, 6.07) is 7.06. The van der Waals surface area contributed by atoms with Crippen LogP contribution in [0.4, 0.5) is 5.69 Å². The average molecular weight is 218 g/mol. The second-order valence-electron chi connectivity index (χ2n) is 4.77. The lowest BCUT2D eigenvalue weighted by atomic mass is 9.64. The molecule has 1 aromatic rings. The summed E-state index contributed by atoms with van der Waals surface area (Å²) in [5, 5.41) is 13.9. The quantitative estimate of drug-likeness (QED) is 0.609. The first-order valence-electron chi connectivity index (χ1n) is 5.71. The number of nitro benzene ring substituents is 1. The Labute approximate surface area is 93.8 Å². The van der Waals surface area contributed by atoms with E-state index in [1.54, 1.807) is 12.1 Å². The van der Waals surface area contributed by atoms with E-state index in [1.807, 2.05) is 12.1 Å². The van der Waals surface area contributed by atoms with Crippen molar-refractivity contribution in [3.05, 3.63) is 39.9 Å². The first-order chi connectivity index (χ1) is 7.75. The van der Waals surface area contributed by atoms with Crippen LogP contribution in [0, 0.1) is 22.0 Å². The predicted octanol–water partition coefficient (Wildman–Crippen LogP) is 1.92. The fraction of sp³-hybridized carbons (Fsp3) is 0.500. The van der Waals surface area contributed by atoms with Gasteiger partial charge in [0.15, 0.2) is 0 Å². The van der Waals surface area contributed by atoms with E-state index in [1.165, 1.54) is 12.0 Å². The summed E-state index contributed by atoms with van der Waals surface area (Å²) < 4.78 is 0. The van der Waals surface area contributed by atoms with Gasteiger partial charge in [0.05, 0.1) is 4.92 Å². The predicted molar refractivity (Wildman–Crippen MR) is 60.3 cm³/mol. The summed E-state index contributed by atoms with van der Waals surface area (Å²) in [5.74, 6) is 2.20. The molecule has 1 saturated heterocycles. The molecule has 4 heteroatoms. The normalized spacial score (nSPS) is 31.9. The van der Waals surface area contributed by atoms with Crippen molar-refractivity contribution >= 4 is 5.69 Å². The standard InChI is InChI=1S/C12H14N2O2/c15-14(16)10-3-1-8(2-4-10)11-5-9-6-13-7-12(9)11/h1-4,9,11-13H,5-7H2/t9-,11+,12+/m0/s1. The van der Waals surface area contributed by atoms with Crippen LogP contribution in [0.5, 0.6) is 0 Å². The highest BCUT2D eigenvalue weighted by Crippen LogP contribution is 2.49. The second kappa shape index (κ2) is 3.56. The molecule has 0 bridgehead atoms. The van der Waals surface area contributed by atoms with Crippen LogP contribution in [0.25, 0.3) is 0 Å². The van der Waals surface area contributed by atoms with E-state index in [0.717, 1.165) is 24.9 Å². The highest BCUT2D eigenvalue weighted by atomic mass is 16.6. The van der Waals surface area contributed by atoms with Crippen molar-refractivity contribution in [3.8, 4) is 0 Å². The lowest BCUT2D eigenvalue weighted by Gasteiger charge is -2.40. The van der Waals surface area contributed by atoms with Gasteiger partial charge < -0.3 is 5.32 Å². The molecule has 1 aliphatic heterocycles. The molecular weight excluding hydrogens is 204 g/mol. The molecule has 0 aromatic heterocycles. The second-order valence-corrected chi connectivity index (χ2v) is 4.77. The minimum Gasteiger partial charge on any atom is -0.316 e. The van der Waals surface area contributed by atoms with Crippen molar-refractivity contribution in [2.75, 3.05) is 13.1 Å². The number of non-ortho nitro benzene ring substituents is 1. The van der Waals surface area contributed by atoms with Gasteiger partial charge in [0.2, 0.25) is 0 Å². The molecule has 1 saturated carbocycles. The Morgan fingerprint density at radius 1 is 1.25 bits per heavy atom. The van der Waals surface area contributed by atoms with Crippen molar-refractivity contribution in [1.82, 2.24) is 5.32 Å². The summed E-state index contributed by atoms with van der Waals surface area (Å²) in [6.45, 7) is 2.25. The molecule has 3 rings (SSSR count). The van der Waals surface area contributed by atoms with Crippen molar-refractivity contribution in [3.63, 3.8) is 0 Å². The van der Waals surface area contributed by atoms with Gasteiger partial charge in [-0.1, -0.05) is 12.1 Å². The van der Waals surface area contributed by atoms with Crippen LogP contribution in [0.1, 0.15) is 17.9 Å². The van der Waals surface area contributed by atoms with Crippen molar-refractivity contribution in [2.24, 2.45) is 11.8 Å². The number of nitro groups is 1. The summed E-state index contributed by atoms with van der Waals surface area (Å²) in [6.07, 6.45) is 1.23. The molecule has 4 nitrogen and oxygen atoms in total. The van der Waals surface area contributed by atoms with Gasteiger partial charge in [-0.15, -0.1) is 0 Å². The van der Waals surface area contributed by atoms with Gasteiger partial charge in [-0.05, 0) is 42.8 Å². The fourth-order valence-electron chi connectivity index (χ4n) is 3.01. The third-order valence-electron chi connectivity index (χ3n) is 4.00. The molecule has 2 fully saturated rings. The fourth-order valence-corrected chi connectivity index (χ4v) is 3.01. The number of hydrogen-bond acceptors (Lipinski definition) is 3. The van der Waals surface area contributed by atoms with Crippen LogP contribution in [0.3, 0.4) is 0 Å². The van der Waals surface area contributed by atoms with E-state index in [-0.39, 0.29) is 10.6 Å². The van der Waals surface area contributed by atoms with Crippen molar-refractivity contribution < 1.29 is 4.92 Å². The maximum absolute atomic E-state index is 10.5. The molecule has 1 aliphatic carbocycles. The largest absolute Gasteiger partial charge is 0.316 e. The van der Waals surface area contributed by atoms with Crippen molar-refractivity contribution in [1.29, 1.82) is 0 Å². The first kappa shape index (κ1) is 9.78. The summed E-state index contributed by atoms with van der Waals surface area (Å²) in [4.78, 5) is 10.2. The van der Waals surface area contributed by atoms with Crippen LogP contribution in [-0.4, -0.2) is 18.0 Å². The molecule has 0 spiro atoms. The monoisotopic (exact) mass is 218 g/mol. The zero-order chi connectivity index (χ0) is 11.1. The number of nitrogens with one attached hydrogen (secondary N) is 1. The minimum absolute atomic E-state index is 0.184. The number of benzene rings is 1. The van der Waals surface area contributed by atoms with E-state index >= 15 is 0 Å². The number of nitrogens with zero attached hydrogens (tertiary/aromatic N) is 1. The van der Waals surface area contributed by atoms with Gasteiger partial charge >= 0.3 is 0 Å². The molecule has 84 valence electrons. The van der Waals surface area contributed by atoms with E-state index in [9.17, 15) is 10.1 Å². The average Bonchev–Trinajstić information content (AvgIpc) is 2.61. The summed E-state index contributed by atoms with van der Waals surface area (Å²) in [7, 11) is 0. The van der Waals surface area contributed by atoms with Gasteiger partial charge in [-0.25, -0.2) is 0 Å². The smallest absolute Gasteiger partial charge is 0.269 e. The van der Waals surface area contributed by atoms with Crippen LogP contribution in [0.15, 0.2) is 24.3 Å². The van der Waals surface area contributed by atoms with Crippen LogP contribution in [0.2, 0.25) is 0 Å². The highest BCUT2D eigenvalue weighted by Gasteiger charge is 2.44. The van der Waals surface area contributed by atoms with Gasteiger partial charge in [0, 0.05) is 12.1 Å². The van der Waals surface area contributed by atoms with Gasteiger partial charge in [0.1, 0.15) is 0 Å². The first-order valence-corrected chi connectivity index (χ1v) is 5.71. The molecule has 1 heterocycles. The Morgan fingerprint density at radius 2 is 2.00 bits per heavy atom. The number of fused-ring (bicyclic) bond motifs is 1. The van der Waals surface area contributed by atoms with E-state index in [0.29, 0.717) is 5.92 Å². The molecule has 0 radical (unpaired) electrons. The molecule has 0 amide bonds. The third kappa shape index (κ3) is 1.41. The summed E-state index contributed by atoms with van der Waals surface area (Å²) in [5.41, 5.74) is 1.44. The van der Waals surface area contributed by atoms with Crippen LogP contribution in [-0.2, 0) is 0 Å².